The summed E-state index contributed by atoms with van der Waals surface area (Å²) in [5.41, 5.74) is 3.45. The van der Waals surface area contributed by atoms with Crippen LogP contribution in [0.1, 0.15) is 25.3 Å². The molecule has 0 radical (unpaired) electrons. The van der Waals surface area contributed by atoms with Gasteiger partial charge >= 0.3 is 0 Å². The number of rotatable bonds is 3. The summed E-state index contributed by atoms with van der Waals surface area (Å²) in [6.45, 7) is 4.43. The maximum Gasteiger partial charge on any atom is 0.0457 e. The highest BCUT2D eigenvalue weighted by molar-refractivity contribution is 6.31. The Morgan fingerprint density at radius 1 is 1.30 bits per heavy atom. The van der Waals surface area contributed by atoms with Crippen molar-refractivity contribution in [2.75, 3.05) is 6.54 Å². The van der Waals surface area contributed by atoms with E-state index in [1.807, 2.05) is 12.3 Å². The van der Waals surface area contributed by atoms with Gasteiger partial charge in [-0.15, -0.1) is 0 Å². The number of halogens is 1. The molecule has 1 saturated heterocycles. The Labute approximate surface area is 125 Å². The molecule has 104 valence electrons. The Balaban J connectivity index is 1.81. The van der Waals surface area contributed by atoms with Crippen molar-refractivity contribution in [3.05, 3.63) is 53.3 Å². The lowest BCUT2D eigenvalue weighted by molar-refractivity contribution is 0.260. The third-order valence-electron chi connectivity index (χ3n) is 4.11. The van der Waals surface area contributed by atoms with Gasteiger partial charge in [-0.05, 0) is 49.6 Å². The van der Waals surface area contributed by atoms with Gasteiger partial charge in [0.1, 0.15) is 0 Å². The van der Waals surface area contributed by atoms with Crippen LogP contribution in [0.4, 0.5) is 0 Å². The lowest BCUT2D eigenvalue weighted by atomic mass is 10.1. The Hall–Kier alpha value is -1.38. The van der Waals surface area contributed by atoms with E-state index in [9.17, 15) is 0 Å². The largest absolute Gasteiger partial charge is 0.296 e. The van der Waals surface area contributed by atoms with Gasteiger partial charge in [0.25, 0.3) is 0 Å². The maximum atomic E-state index is 6.46. The number of hydrogen-bond donors (Lipinski definition) is 0. The fraction of sp³-hybridized carbons (Fsp3) is 0.353. The molecular formula is C17H19ClN2. The minimum Gasteiger partial charge on any atom is -0.296 e. The zero-order valence-electron chi connectivity index (χ0n) is 11.7. The van der Waals surface area contributed by atoms with Crippen molar-refractivity contribution in [1.82, 2.24) is 9.88 Å². The van der Waals surface area contributed by atoms with Crippen LogP contribution in [-0.2, 0) is 6.54 Å². The molecule has 1 aliphatic rings. The highest BCUT2D eigenvalue weighted by atomic mass is 35.5. The molecule has 3 rings (SSSR count). The number of nitrogens with zero attached hydrogens (tertiary/aromatic N) is 2. The molecule has 2 aromatic rings. The van der Waals surface area contributed by atoms with E-state index in [1.54, 1.807) is 6.20 Å². The summed E-state index contributed by atoms with van der Waals surface area (Å²) in [5.74, 6) is 0. The van der Waals surface area contributed by atoms with E-state index in [4.69, 9.17) is 11.6 Å². The third-order valence-corrected chi connectivity index (χ3v) is 4.46. The maximum absolute atomic E-state index is 6.46. The second-order valence-electron chi connectivity index (χ2n) is 5.51. The van der Waals surface area contributed by atoms with Crippen LogP contribution >= 0.6 is 11.6 Å². The summed E-state index contributed by atoms with van der Waals surface area (Å²) in [4.78, 5) is 6.66. The van der Waals surface area contributed by atoms with Crippen LogP contribution in [0.2, 0.25) is 5.02 Å². The van der Waals surface area contributed by atoms with Crippen LogP contribution < -0.4 is 0 Å². The molecule has 3 heteroatoms. The molecule has 1 unspecified atom stereocenters. The van der Waals surface area contributed by atoms with Gasteiger partial charge in [0, 0.05) is 35.6 Å². The van der Waals surface area contributed by atoms with Crippen molar-refractivity contribution in [1.29, 1.82) is 0 Å². The van der Waals surface area contributed by atoms with Gasteiger partial charge in [0.15, 0.2) is 0 Å². The molecular weight excluding hydrogens is 268 g/mol. The van der Waals surface area contributed by atoms with Crippen molar-refractivity contribution in [3.8, 4) is 11.1 Å². The minimum absolute atomic E-state index is 0.670. The molecule has 2 heterocycles. The first-order valence-corrected chi connectivity index (χ1v) is 7.55. The highest BCUT2D eigenvalue weighted by Gasteiger charge is 2.20. The average molecular weight is 287 g/mol. The Kier molecular flexibility index (Phi) is 4.04. The smallest absolute Gasteiger partial charge is 0.0457 e. The van der Waals surface area contributed by atoms with Crippen LogP contribution in [0.25, 0.3) is 11.1 Å². The monoisotopic (exact) mass is 286 g/mol. The van der Waals surface area contributed by atoms with E-state index in [1.165, 1.54) is 24.9 Å². The van der Waals surface area contributed by atoms with Crippen molar-refractivity contribution in [2.24, 2.45) is 0 Å². The summed E-state index contributed by atoms with van der Waals surface area (Å²) in [6, 6.07) is 11.0. The van der Waals surface area contributed by atoms with Gasteiger partial charge in [-0.25, -0.2) is 0 Å². The molecule has 1 atom stereocenters. The molecule has 1 fully saturated rings. The van der Waals surface area contributed by atoms with E-state index >= 15 is 0 Å². The zero-order valence-corrected chi connectivity index (χ0v) is 12.5. The summed E-state index contributed by atoms with van der Waals surface area (Å²) in [5, 5.41) is 0.852. The quantitative estimate of drug-likeness (QED) is 0.832. The van der Waals surface area contributed by atoms with E-state index < -0.39 is 0 Å². The lowest BCUT2D eigenvalue weighted by Crippen LogP contribution is -2.26. The van der Waals surface area contributed by atoms with Crippen LogP contribution in [0.15, 0.2) is 42.7 Å². The average Bonchev–Trinajstić information content (AvgIpc) is 2.87. The van der Waals surface area contributed by atoms with Crippen molar-refractivity contribution in [3.63, 3.8) is 0 Å². The number of pyridine rings is 1. The van der Waals surface area contributed by atoms with E-state index in [0.29, 0.717) is 6.04 Å². The summed E-state index contributed by atoms with van der Waals surface area (Å²) >= 11 is 6.46. The third kappa shape index (κ3) is 2.87. The standard InChI is InChI=1S/C17H19ClN2/c1-13-4-3-9-20(13)12-16-7-6-14(10-17(16)18)15-5-2-8-19-11-15/h2,5-8,10-11,13H,3-4,9,12H2,1H3. The lowest BCUT2D eigenvalue weighted by Gasteiger charge is -2.21. The first-order chi connectivity index (χ1) is 9.74. The normalized spacial score (nSPS) is 19.4. The highest BCUT2D eigenvalue weighted by Crippen LogP contribution is 2.28. The van der Waals surface area contributed by atoms with Crippen LogP contribution in [-0.4, -0.2) is 22.5 Å². The molecule has 0 N–H and O–H groups in total. The van der Waals surface area contributed by atoms with Gasteiger partial charge < -0.3 is 0 Å². The van der Waals surface area contributed by atoms with Crippen molar-refractivity contribution in [2.45, 2.75) is 32.4 Å². The summed E-state index contributed by atoms with van der Waals surface area (Å²) in [6.07, 6.45) is 6.25. The molecule has 0 amide bonds. The van der Waals surface area contributed by atoms with Crippen LogP contribution in [0.5, 0.6) is 0 Å². The molecule has 20 heavy (non-hydrogen) atoms. The van der Waals surface area contributed by atoms with E-state index in [-0.39, 0.29) is 0 Å². The van der Waals surface area contributed by atoms with Gasteiger partial charge in [0.2, 0.25) is 0 Å². The van der Waals surface area contributed by atoms with Gasteiger partial charge in [-0.3, -0.25) is 9.88 Å². The Morgan fingerprint density at radius 3 is 2.85 bits per heavy atom. The zero-order chi connectivity index (χ0) is 13.9. The molecule has 0 spiro atoms. The van der Waals surface area contributed by atoms with Crippen LogP contribution in [0.3, 0.4) is 0 Å². The SMILES string of the molecule is CC1CCCN1Cc1ccc(-c2cccnc2)cc1Cl. The predicted molar refractivity (Wildman–Crippen MR) is 83.8 cm³/mol. The molecule has 2 nitrogen and oxygen atoms in total. The Bertz CT molecular complexity index is 583. The number of benzene rings is 1. The minimum atomic E-state index is 0.670. The fourth-order valence-corrected chi connectivity index (χ4v) is 3.08. The van der Waals surface area contributed by atoms with Crippen molar-refractivity contribution < 1.29 is 0 Å². The molecule has 0 aliphatic carbocycles. The Morgan fingerprint density at radius 2 is 2.20 bits per heavy atom. The molecule has 0 bridgehead atoms. The number of hydrogen-bond acceptors (Lipinski definition) is 2. The first-order valence-electron chi connectivity index (χ1n) is 7.17. The second-order valence-corrected chi connectivity index (χ2v) is 5.92. The number of aromatic nitrogens is 1. The summed E-state index contributed by atoms with van der Waals surface area (Å²) in [7, 11) is 0. The van der Waals surface area contributed by atoms with Gasteiger partial charge in [0.05, 0.1) is 0 Å². The van der Waals surface area contributed by atoms with E-state index in [2.05, 4.69) is 41.1 Å². The summed E-state index contributed by atoms with van der Waals surface area (Å²) < 4.78 is 0. The topological polar surface area (TPSA) is 16.1 Å². The van der Waals surface area contributed by atoms with Gasteiger partial charge in [-0.1, -0.05) is 29.8 Å². The fourth-order valence-electron chi connectivity index (χ4n) is 2.84. The molecule has 1 aliphatic heterocycles. The van der Waals surface area contributed by atoms with Gasteiger partial charge in [-0.2, -0.15) is 0 Å². The number of likely N-dealkylation sites (tertiary alicyclic amines) is 1. The van der Waals surface area contributed by atoms with E-state index in [0.717, 1.165) is 22.7 Å². The molecule has 1 aromatic heterocycles. The second kappa shape index (κ2) is 5.94. The van der Waals surface area contributed by atoms with Crippen LogP contribution in [0, 0.1) is 0 Å². The molecule has 1 aromatic carbocycles. The van der Waals surface area contributed by atoms with Crippen molar-refractivity contribution >= 4 is 11.6 Å². The predicted octanol–water partition coefficient (Wildman–Crippen LogP) is 4.39. The molecule has 0 saturated carbocycles. The first kappa shape index (κ1) is 13.6.